The van der Waals surface area contributed by atoms with E-state index in [9.17, 15) is 34.5 Å². The SMILES string of the molecule is CC(=O)CC1=C(C)C(OC(=O)C(O)C(C=C(C)C)NC(C)=O)CC(O)(C(OC(=O)c2ccccc2)C2[C@@H](C)CCC3OCC32O)C1(C)C. The Morgan fingerprint density at radius 2 is 1.71 bits per heavy atom. The summed E-state index contributed by atoms with van der Waals surface area (Å²) in [6, 6.07) is 7.26. The number of hydrogen-bond donors (Lipinski definition) is 4. The fraction of sp³-hybridized carbons (Fsp3) is 0.622. The van der Waals surface area contributed by atoms with Crippen LogP contribution in [0.2, 0.25) is 0 Å². The molecule has 1 saturated carbocycles. The molecule has 1 amide bonds. The number of Topliss-reactive ketones (excluding diaryl/α,β-unsaturated/α-hetero) is 1. The van der Waals surface area contributed by atoms with E-state index in [0.29, 0.717) is 24.0 Å². The van der Waals surface area contributed by atoms with Crippen molar-refractivity contribution in [3.63, 3.8) is 0 Å². The standard InChI is InChI=1S/C37H51NO10/c1-20(2)16-27(38-24(6)40)31(41)34(43)47-28-18-37(45,35(7,8)26(23(28)5)17-22(4)39)32(48-33(42)25-12-10-9-11-13-25)30-21(3)14-15-29-36(30,44)19-46-29/h9-13,16,21,27-32,41,44-45H,14-15,17-19H2,1-8H3,(H,38,40)/t21-,27?,28?,29?,30?,31?,32?,36?,37?/m0/s1. The van der Waals surface area contributed by atoms with Gasteiger partial charge in [-0.05, 0) is 64.2 Å². The van der Waals surface area contributed by atoms with Crippen LogP contribution in [-0.4, -0.2) is 87.2 Å². The van der Waals surface area contributed by atoms with Crippen molar-refractivity contribution in [2.24, 2.45) is 17.3 Å². The highest BCUT2D eigenvalue weighted by Gasteiger charge is 2.67. The van der Waals surface area contributed by atoms with E-state index in [1.807, 2.05) is 6.92 Å². The third kappa shape index (κ3) is 7.15. The first-order valence-corrected chi connectivity index (χ1v) is 16.7. The summed E-state index contributed by atoms with van der Waals surface area (Å²) in [6.45, 7) is 13.4. The quantitative estimate of drug-likeness (QED) is 0.202. The Bertz CT molecular complexity index is 1460. The van der Waals surface area contributed by atoms with Crippen LogP contribution in [0.5, 0.6) is 0 Å². The molecule has 8 unspecified atom stereocenters. The number of rotatable bonds is 11. The van der Waals surface area contributed by atoms with E-state index in [1.165, 1.54) is 13.8 Å². The average Bonchev–Trinajstić information content (AvgIpc) is 2.99. The number of ether oxygens (including phenoxy) is 3. The third-order valence-corrected chi connectivity index (χ3v) is 10.6. The van der Waals surface area contributed by atoms with E-state index in [0.717, 1.165) is 5.57 Å². The lowest BCUT2D eigenvalue weighted by Gasteiger charge is -2.61. The van der Waals surface area contributed by atoms with Crippen LogP contribution in [-0.2, 0) is 28.6 Å². The van der Waals surface area contributed by atoms with E-state index < -0.39 is 70.8 Å². The van der Waals surface area contributed by atoms with E-state index in [-0.39, 0.29) is 36.7 Å². The second-order valence-corrected chi connectivity index (χ2v) is 14.7. The highest BCUT2D eigenvalue weighted by molar-refractivity contribution is 5.89. The summed E-state index contributed by atoms with van der Waals surface area (Å²) in [6.07, 6.45) is -2.34. The molecule has 1 heterocycles. The summed E-state index contributed by atoms with van der Waals surface area (Å²) in [4.78, 5) is 51.9. The zero-order valence-corrected chi connectivity index (χ0v) is 29.2. The van der Waals surface area contributed by atoms with Gasteiger partial charge >= 0.3 is 11.9 Å². The normalized spacial score (nSPS) is 31.2. The summed E-state index contributed by atoms with van der Waals surface area (Å²) in [5, 5.41) is 38.8. The number of fused-ring (bicyclic) bond motifs is 1. The summed E-state index contributed by atoms with van der Waals surface area (Å²) >= 11 is 0. The number of amides is 1. The molecule has 1 aromatic rings. The molecule has 11 nitrogen and oxygen atoms in total. The number of allylic oxidation sites excluding steroid dienone is 1. The van der Waals surface area contributed by atoms with Gasteiger partial charge in [0.2, 0.25) is 5.91 Å². The summed E-state index contributed by atoms with van der Waals surface area (Å²) in [5.41, 5.74) is -2.60. The lowest BCUT2D eigenvalue weighted by Crippen LogP contribution is -2.74. The molecule has 9 atom stereocenters. The Balaban J connectivity index is 1.83. The molecule has 4 rings (SSSR count). The molecular weight excluding hydrogens is 618 g/mol. The highest BCUT2D eigenvalue weighted by atomic mass is 16.6. The third-order valence-electron chi connectivity index (χ3n) is 10.6. The van der Waals surface area contributed by atoms with Crippen molar-refractivity contribution in [2.75, 3.05) is 6.61 Å². The number of nitrogens with one attached hydrogen (secondary N) is 1. The number of esters is 2. The van der Waals surface area contributed by atoms with Crippen molar-refractivity contribution in [3.8, 4) is 0 Å². The van der Waals surface area contributed by atoms with Crippen LogP contribution in [0.1, 0.15) is 91.4 Å². The Morgan fingerprint density at radius 1 is 1.06 bits per heavy atom. The lowest BCUT2D eigenvalue weighted by molar-refractivity contribution is -0.316. The maximum absolute atomic E-state index is 13.8. The molecule has 1 saturated heterocycles. The van der Waals surface area contributed by atoms with Gasteiger partial charge in [0.15, 0.2) is 6.10 Å². The van der Waals surface area contributed by atoms with Crippen LogP contribution < -0.4 is 5.32 Å². The number of aliphatic hydroxyl groups is 3. The van der Waals surface area contributed by atoms with Gasteiger partial charge in [0, 0.05) is 31.1 Å². The van der Waals surface area contributed by atoms with Crippen molar-refractivity contribution in [1.29, 1.82) is 0 Å². The van der Waals surface area contributed by atoms with Crippen LogP contribution >= 0.6 is 0 Å². The van der Waals surface area contributed by atoms with Gasteiger partial charge in [0.05, 0.1) is 24.3 Å². The van der Waals surface area contributed by atoms with Gasteiger partial charge in [-0.1, -0.05) is 56.2 Å². The second kappa shape index (κ2) is 14.2. The van der Waals surface area contributed by atoms with Crippen molar-refractivity contribution in [3.05, 3.63) is 58.7 Å². The minimum atomic E-state index is -1.99. The molecule has 264 valence electrons. The molecule has 2 fully saturated rings. The van der Waals surface area contributed by atoms with Crippen LogP contribution in [0.25, 0.3) is 0 Å². The van der Waals surface area contributed by atoms with Gasteiger partial charge in [-0.15, -0.1) is 0 Å². The molecule has 0 radical (unpaired) electrons. The molecule has 0 bridgehead atoms. The maximum Gasteiger partial charge on any atom is 0.338 e. The number of hydrogen-bond acceptors (Lipinski definition) is 10. The fourth-order valence-electron chi connectivity index (χ4n) is 7.90. The van der Waals surface area contributed by atoms with Gasteiger partial charge in [0.25, 0.3) is 0 Å². The largest absolute Gasteiger partial charge is 0.456 e. The van der Waals surface area contributed by atoms with Crippen molar-refractivity contribution < 1.29 is 48.7 Å². The molecule has 1 aromatic carbocycles. The first-order chi connectivity index (χ1) is 22.3. The van der Waals surface area contributed by atoms with Crippen molar-refractivity contribution >= 4 is 23.6 Å². The topological polar surface area (TPSA) is 169 Å². The highest BCUT2D eigenvalue weighted by Crippen LogP contribution is 2.57. The molecule has 11 heteroatoms. The van der Waals surface area contributed by atoms with Gasteiger partial charge in [-0.2, -0.15) is 0 Å². The Kier molecular flexibility index (Phi) is 11.1. The Morgan fingerprint density at radius 3 is 2.25 bits per heavy atom. The molecular formula is C37H51NO10. The minimum Gasteiger partial charge on any atom is -0.456 e. The first kappa shape index (κ1) is 37.4. The fourth-order valence-corrected chi connectivity index (χ4v) is 7.90. The van der Waals surface area contributed by atoms with E-state index in [1.54, 1.807) is 71.0 Å². The average molecular weight is 670 g/mol. The zero-order valence-electron chi connectivity index (χ0n) is 29.2. The zero-order chi connectivity index (χ0) is 35.8. The predicted octanol–water partition coefficient (Wildman–Crippen LogP) is 3.59. The van der Waals surface area contributed by atoms with Crippen molar-refractivity contribution in [1.82, 2.24) is 5.32 Å². The summed E-state index contributed by atoms with van der Waals surface area (Å²) in [7, 11) is 0. The molecule has 0 spiro atoms. The first-order valence-electron chi connectivity index (χ1n) is 16.7. The van der Waals surface area contributed by atoms with Crippen molar-refractivity contribution in [2.45, 2.75) is 123 Å². The van der Waals surface area contributed by atoms with E-state index in [2.05, 4.69) is 5.32 Å². The number of carbonyl (C=O) groups is 4. The summed E-state index contributed by atoms with van der Waals surface area (Å²) in [5.74, 6) is -3.39. The van der Waals surface area contributed by atoms with Crippen LogP contribution in [0.15, 0.2) is 53.1 Å². The van der Waals surface area contributed by atoms with E-state index >= 15 is 0 Å². The number of benzene rings is 1. The van der Waals surface area contributed by atoms with E-state index in [4.69, 9.17) is 14.2 Å². The van der Waals surface area contributed by atoms with Gasteiger partial charge in [0.1, 0.15) is 29.2 Å². The molecule has 3 aliphatic rings. The number of aliphatic hydroxyl groups excluding tert-OH is 1. The minimum absolute atomic E-state index is 0.00273. The predicted molar refractivity (Wildman–Crippen MR) is 176 cm³/mol. The molecule has 2 aliphatic carbocycles. The van der Waals surface area contributed by atoms with Crippen LogP contribution in [0.3, 0.4) is 0 Å². The molecule has 1 aliphatic heterocycles. The number of carbonyl (C=O) groups excluding carboxylic acids is 4. The van der Waals surface area contributed by atoms with Gasteiger partial charge in [-0.3, -0.25) is 9.59 Å². The van der Waals surface area contributed by atoms with Crippen LogP contribution in [0.4, 0.5) is 0 Å². The Labute approximate surface area is 282 Å². The van der Waals surface area contributed by atoms with Gasteiger partial charge in [-0.25, -0.2) is 9.59 Å². The van der Waals surface area contributed by atoms with Crippen LogP contribution in [0, 0.1) is 17.3 Å². The Hall–Kier alpha value is -3.38. The smallest absolute Gasteiger partial charge is 0.338 e. The maximum atomic E-state index is 13.8. The molecule has 4 N–H and O–H groups in total. The summed E-state index contributed by atoms with van der Waals surface area (Å²) < 4.78 is 18.0. The number of ketones is 1. The molecule has 48 heavy (non-hydrogen) atoms. The van der Waals surface area contributed by atoms with Gasteiger partial charge < -0.3 is 34.8 Å². The lowest BCUT2D eigenvalue weighted by atomic mass is 9.53. The molecule has 0 aromatic heterocycles. The monoisotopic (exact) mass is 669 g/mol. The second-order valence-electron chi connectivity index (χ2n) is 14.7.